The third kappa shape index (κ3) is 5.21. The zero-order valence-corrected chi connectivity index (χ0v) is 19.9. The molecule has 5 rings (SSSR count). The van der Waals surface area contributed by atoms with E-state index >= 15 is 0 Å². The van der Waals surface area contributed by atoms with Crippen LogP contribution in [-0.2, 0) is 16.0 Å². The lowest BCUT2D eigenvalue weighted by atomic mass is 10.1. The first-order valence-corrected chi connectivity index (χ1v) is 11.8. The average Bonchev–Trinajstić information content (AvgIpc) is 3.58. The van der Waals surface area contributed by atoms with E-state index in [9.17, 15) is 4.79 Å². The number of piperazine rings is 1. The normalized spacial score (nSPS) is 15.4. The zero-order valence-electron chi connectivity index (χ0n) is 19.9. The molecule has 182 valence electrons. The number of aromatic nitrogens is 3. The Hall–Kier alpha value is -3.69. The molecular weight excluding hydrogens is 446 g/mol. The first-order valence-electron chi connectivity index (χ1n) is 11.8. The number of carbonyl (C=O) groups excluding carboxylic acids is 1. The second-order valence-electron chi connectivity index (χ2n) is 8.67. The molecule has 0 bridgehead atoms. The number of ether oxygens (including phenoxy) is 2. The molecule has 1 amide bonds. The molecule has 1 N–H and O–H groups in total. The summed E-state index contributed by atoms with van der Waals surface area (Å²) in [6.45, 7) is 5.90. The van der Waals surface area contributed by atoms with E-state index in [1.807, 2.05) is 47.6 Å². The van der Waals surface area contributed by atoms with E-state index in [1.54, 1.807) is 26.4 Å². The maximum atomic E-state index is 12.3. The number of carbonyl (C=O) groups is 1. The predicted molar refractivity (Wildman–Crippen MR) is 131 cm³/mol. The Bertz CT molecular complexity index is 1260. The Labute approximate surface area is 203 Å². The van der Waals surface area contributed by atoms with Gasteiger partial charge >= 0.3 is 0 Å². The fraction of sp³-hybridized carbons (Fsp3) is 0.346. The lowest BCUT2D eigenvalue weighted by Crippen LogP contribution is -2.51. The summed E-state index contributed by atoms with van der Waals surface area (Å²) in [5.41, 5.74) is 3.80. The molecule has 1 atom stereocenters. The summed E-state index contributed by atoms with van der Waals surface area (Å²) in [6.07, 6.45) is 5.78. The smallest absolute Gasteiger partial charge is 0.251 e. The molecule has 4 aromatic rings. The van der Waals surface area contributed by atoms with Crippen LogP contribution in [-0.4, -0.2) is 76.8 Å². The third-order valence-electron chi connectivity index (χ3n) is 6.48. The Morgan fingerprint density at radius 3 is 2.74 bits per heavy atom. The van der Waals surface area contributed by atoms with E-state index in [0.717, 1.165) is 61.4 Å². The Balaban J connectivity index is 1.16. The van der Waals surface area contributed by atoms with Gasteiger partial charge in [0.2, 0.25) is 5.88 Å². The number of benzene rings is 1. The molecule has 35 heavy (non-hydrogen) atoms. The predicted octanol–water partition coefficient (Wildman–Crippen LogP) is 3.73. The van der Waals surface area contributed by atoms with E-state index in [2.05, 4.69) is 20.1 Å². The summed E-state index contributed by atoms with van der Waals surface area (Å²) in [5, 5.41) is 7.97. The van der Waals surface area contributed by atoms with E-state index in [-0.39, 0.29) is 12.0 Å². The largest absolute Gasteiger partial charge is 0.464 e. The zero-order chi connectivity index (χ0) is 24.2. The van der Waals surface area contributed by atoms with Gasteiger partial charge in [-0.2, -0.15) is 5.10 Å². The molecule has 1 unspecified atom stereocenters. The van der Waals surface area contributed by atoms with Gasteiger partial charge in [-0.1, -0.05) is 0 Å². The molecule has 1 saturated heterocycles. The van der Waals surface area contributed by atoms with Crippen molar-refractivity contribution < 1.29 is 18.7 Å². The van der Waals surface area contributed by atoms with Crippen molar-refractivity contribution in [3.63, 3.8) is 0 Å². The molecule has 4 heterocycles. The van der Waals surface area contributed by atoms with E-state index in [1.165, 1.54) is 5.56 Å². The quantitative estimate of drug-likeness (QED) is 0.415. The van der Waals surface area contributed by atoms with Crippen LogP contribution in [0.4, 0.5) is 0 Å². The van der Waals surface area contributed by atoms with Gasteiger partial charge in [-0.05, 0) is 43.2 Å². The van der Waals surface area contributed by atoms with Crippen molar-refractivity contribution >= 4 is 16.9 Å². The van der Waals surface area contributed by atoms with Crippen molar-refractivity contribution in [3.8, 4) is 22.9 Å². The van der Waals surface area contributed by atoms with Crippen LogP contribution in [0.1, 0.15) is 12.5 Å². The molecule has 1 aromatic carbocycles. The Morgan fingerprint density at radius 1 is 1.17 bits per heavy atom. The fourth-order valence-electron chi connectivity index (χ4n) is 4.29. The SMILES string of the molecule is COC(C)C(=O)N1CCN(CCc2coc3cc(Oc4ccc(-c5ccn[nH]5)cn4)ccc23)CC1. The summed E-state index contributed by atoms with van der Waals surface area (Å²) in [5.74, 6) is 1.25. The van der Waals surface area contributed by atoms with Crippen LogP contribution in [0.5, 0.6) is 11.6 Å². The maximum absolute atomic E-state index is 12.3. The molecule has 1 aliphatic heterocycles. The fourth-order valence-corrected chi connectivity index (χ4v) is 4.29. The number of furan rings is 1. The number of hydrogen-bond donors (Lipinski definition) is 1. The van der Waals surface area contributed by atoms with E-state index in [0.29, 0.717) is 11.6 Å². The van der Waals surface area contributed by atoms with Gasteiger partial charge in [-0.15, -0.1) is 0 Å². The molecule has 0 spiro atoms. The molecular formula is C26H29N5O4. The highest BCUT2D eigenvalue weighted by Gasteiger charge is 2.24. The number of amides is 1. The van der Waals surface area contributed by atoms with Gasteiger partial charge in [0.25, 0.3) is 5.91 Å². The van der Waals surface area contributed by atoms with Gasteiger partial charge < -0.3 is 18.8 Å². The molecule has 0 aliphatic carbocycles. The first-order chi connectivity index (χ1) is 17.1. The van der Waals surface area contributed by atoms with Crippen molar-refractivity contribution in [1.29, 1.82) is 0 Å². The first kappa shape index (κ1) is 23.1. The number of rotatable bonds is 8. The number of hydrogen-bond acceptors (Lipinski definition) is 7. The lowest BCUT2D eigenvalue weighted by Gasteiger charge is -2.35. The lowest BCUT2D eigenvalue weighted by molar-refractivity contribution is -0.142. The highest BCUT2D eigenvalue weighted by atomic mass is 16.5. The number of nitrogens with one attached hydrogen (secondary N) is 1. The van der Waals surface area contributed by atoms with Crippen LogP contribution in [0.25, 0.3) is 22.2 Å². The third-order valence-corrected chi connectivity index (χ3v) is 6.48. The molecule has 3 aromatic heterocycles. The van der Waals surface area contributed by atoms with E-state index < -0.39 is 0 Å². The van der Waals surface area contributed by atoms with Crippen molar-refractivity contribution in [2.24, 2.45) is 0 Å². The van der Waals surface area contributed by atoms with Crippen LogP contribution in [0.2, 0.25) is 0 Å². The molecule has 0 saturated carbocycles. The second kappa shape index (κ2) is 10.3. The van der Waals surface area contributed by atoms with E-state index in [4.69, 9.17) is 13.9 Å². The minimum atomic E-state index is -0.384. The number of pyridine rings is 1. The van der Waals surface area contributed by atoms with Crippen LogP contribution in [0, 0.1) is 0 Å². The molecule has 1 aliphatic rings. The van der Waals surface area contributed by atoms with Crippen molar-refractivity contribution in [2.75, 3.05) is 39.8 Å². The average molecular weight is 476 g/mol. The van der Waals surface area contributed by atoms with Crippen LogP contribution in [0.15, 0.2) is 59.5 Å². The highest BCUT2D eigenvalue weighted by molar-refractivity contribution is 5.82. The standard InChI is InChI=1S/C26H29N5O4/c1-18(33-2)26(32)31-13-11-30(12-14-31)10-8-20-17-34-24-15-21(4-5-22(20)24)35-25-6-3-19(16-27-25)23-7-9-28-29-23/h3-7,9,15-18H,8,10-14H2,1-2H3,(H,28,29). The van der Waals surface area contributed by atoms with Crippen LogP contribution >= 0.6 is 0 Å². The van der Waals surface area contributed by atoms with Gasteiger partial charge in [0.1, 0.15) is 17.4 Å². The van der Waals surface area contributed by atoms with Crippen molar-refractivity contribution in [2.45, 2.75) is 19.4 Å². The summed E-state index contributed by atoms with van der Waals surface area (Å²) < 4.78 is 16.9. The summed E-state index contributed by atoms with van der Waals surface area (Å²) in [4.78, 5) is 20.9. The number of methoxy groups -OCH3 is 1. The Morgan fingerprint density at radius 2 is 2.03 bits per heavy atom. The number of H-pyrrole nitrogens is 1. The van der Waals surface area contributed by atoms with Gasteiger partial charge in [0.05, 0.1) is 12.0 Å². The maximum Gasteiger partial charge on any atom is 0.251 e. The van der Waals surface area contributed by atoms with Gasteiger partial charge in [0.15, 0.2) is 0 Å². The monoisotopic (exact) mass is 475 g/mol. The summed E-state index contributed by atoms with van der Waals surface area (Å²) in [7, 11) is 1.57. The molecule has 1 fully saturated rings. The minimum Gasteiger partial charge on any atom is -0.464 e. The van der Waals surface area contributed by atoms with Gasteiger partial charge in [-0.25, -0.2) is 4.98 Å². The molecule has 0 radical (unpaired) electrons. The van der Waals surface area contributed by atoms with Crippen LogP contribution in [0.3, 0.4) is 0 Å². The van der Waals surface area contributed by atoms with Gasteiger partial charge in [0, 0.05) is 75.3 Å². The van der Waals surface area contributed by atoms with Gasteiger partial charge in [-0.3, -0.25) is 14.8 Å². The van der Waals surface area contributed by atoms with Crippen LogP contribution < -0.4 is 4.74 Å². The van der Waals surface area contributed by atoms with Crippen molar-refractivity contribution in [1.82, 2.24) is 25.0 Å². The molecule has 9 heteroatoms. The second-order valence-corrected chi connectivity index (χ2v) is 8.67. The number of nitrogens with zero attached hydrogens (tertiary/aromatic N) is 4. The number of fused-ring (bicyclic) bond motifs is 1. The molecule has 9 nitrogen and oxygen atoms in total. The summed E-state index contributed by atoms with van der Waals surface area (Å²) in [6, 6.07) is 11.5. The Kier molecular flexibility index (Phi) is 6.78. The summed E-state index contributed by atoms with van der Waals surface area (Å²) >= 11 is 0. The number of aromatic amines is 1. The highest BCUT2D eigenvalue weighted by Crippen LogP contribution is 2.29. The topological polar surface area (TPSA) is 96.7 Å². The van der Waals surface area contributed by atoms with Crippen molar-refractivity contribution in [3.05, 3.63) is 60.6 Å². The minimum absolute atomic E-state index is 0.0648.